The fourth-order valence-corrected chi connectivity index (χ4v) is 2.57. The molecule has 0 bridgehead atoms. The minimum absolute atomic E-state index is 0.392. The highest BCUT2D eigenvalue weighted by atomic mass is 35.5. The van der Waals surface area contributed by atoms with E-state index in [4.69, 9.17) is 28.5 Å². The van der Waals surface area contributed by atoms with Crippen LogP contribution in [0.25, 0.3) is 0 Å². The summed E-state index contributed by atoms with van der Waals surface area (Å²) in [5.41, 5.74) is 2.73. The van der Waals surface area contributed by atoms with Gasteiger partial charge in [-0.3, -0.25) is 0 Å². The summed E-state index contributed by atoms with van der Waals surface area (Å²) in [6, 6.07) is 16.4. The molecule has 0 atom stereocenters. The number of anilines is 4. The molecule has 0 amide bonds. The van der Waals surface area contributed by atoms with E-state index in [1.807, 2.05) is 19.1 Å². The summed E-state index contributed by atoms with van der Waals surface area (Å²) < 4.78 is 0. The quantitative estimate of drug-likeness (QED) is 0.639. The summed E-state index contributed by atoms with van der Waals surface area (Å²) in [4.78, 5) is 8.79. The van der Waals surface area contributed by atoms with E-state index in [1.165, 1.54) is 0 Å². The van der Waals surface area contributed by atoms with Crippen molar-refractivity contribution in [3.63, 3.8) is 0 Å². The van der Waals surface area contributed by atoms with Crippen molar-refractivity contribution >= 4 is 46.3 Å². The second-order valence-corrected chi connectivity index (χ2v) is 6.05. The van der Waals surface area contributed by atoms with Crippen LogP contribution in [0, 0.1) is 18.3 Å². The Morgan fingerprint density at radius 1 is 1.00 bits per heavy atom. The zero-order valence-corrected chi connectivity index (χ0v) is 14.7. The number of nitriles is 1. The molecule has 0 aliphatic rings. The number of benzene rings is 2. The summed E-state index contributed by atoms with van der Waals surface area (Å²) in [5, 5.41) is 16.1. The molecule has 1 aromatic heterocycles. The average molecular weight is 370 g/mol. The predicted octanol–water partition coefficient (Wildman–Crippen LogP) is 5.45. The highest BCUT2D eigenvalue weighted by Gasteiger charge is 2.08. The standard InChI is InChI=1S/C18H13Cl2N5/c1-11-8-16(23-13-5-2-4-12(9-13)10-21)25-18(22-11)24-15-7-3-6-14(19)17(15)20/h2-9H,1H3,(H2,22,23,24,25). The molecule has 0 radical (unpaired) electrons. The second-order valence-electron chi connectivity index (χ2n) is 5.26. The number of aromatic nitrogens is 2. The van der Waals surface area contributed by atoms with Gasteiger partial charge in [-0.1, -0.05) is 35.3 Å². The Kier molecular flexibility index (Phi) is 5.03. The Morgan fingerprint density at radius 2 is 1.80 bits per heavy atom. The summed E-state index contributed by atoms with van der Waals surface area (Å²) in [5.74, 6) is 0.992. The number of hydrogen-bond donors (Lipinski definition) is 2. The van der Waals surface area contributed by atoms with Gasteiger partial charge >= 0.3 is 0 Å². The summed E-state index contributed by atoms with van der Waals surface area (Å²) in [6.07, 6.45) is 0. The van der Waals surface area contributed by atoms with Crippen molar-refractivity contribution in [2.45, 2.75) is 6.92 Å². The van der Waals surface area contributed by atoms with Gasteiger partial charge in [0.05, 0.1) is 27.4 Å². The number of nitrogens with one attached hydrogen (secondary N) is 2. The topological polar surface area (TPSA) is 73.6 Å². The lowest BCUT2D eigenvalue weighted by Gasteiger charge is -2.11. The van der Waals surface area contributed by atoms with Crippen LogP contribution in [0.4, 0.5) is 23.1 Å². The van der Waals surface area contributed by atoms with E-state index in [0.717, 1.165) is 11.4 Å². The van der Waals surface area contributed by atoms with Crippen LogP contribution in [0.3, 0.4) is 0 Å². The second kappa shape index (κ2) is 7.39. The Morgan fingerprint density at radius 3 is 2.60 bits per heavy atom. The van der Waals surface area contributed by atoms with E-state index >= 15 is 0 Å². The van der Waals surface area contributed by atoms with Gasteiger partial charge in [-0.25, -0.2) is 4.98 Å². The highest BCUT2D eigenvalue weighted by molar-refractivity contribution is 6.43. The number of nitrogens with zero attached hydrogens (tertiary/aromatic N) is 3. The highest BCUT2D eigenvalue weighted by Crippen LogP contribution is 2.31. The smallest absolute Gasteiger partial charge is 0.229 e. The predicted molar refractivity (Wildman–Crippen MR) is 101 cm³/mol. The van der Waals surface area contributed by atoms with Crippen molar-refractivity contribution in [2.75, 3.05) is 10.6 Å². The third-order valence-corrected chi connectivity index (χ3v) is 4.14. The van der Waals surface area contributed by atoms with E-state index < -0.39 is 0 Å². The summed E-state index contributed by atoms with van der Waals surface area (Å²) >= 11 is 12.2. The lowest BCUT2D eigenvalue weighted by atomic mass is 10.2. The van der Waals surface area contributed by atoms with Crippen LogP contribution in [0.1, 0.15) is 11.3 Å². The molecule has 3 aromatic rings. The minimum atomic E-state index is 0.392. The first-order valence-electron chi connectivity index (χ1n) is 7.39. The van der Waals surface area contributed by atoms with E-state index in [-0.39, 0.29) is 0 Å². The molecule has 0 aliphatic carbocycles. The molecule has 0 saturated heterocycles. The third-order valence-electron chi connectivity index (χ3n) is 3.32. The molecule has 3 rings (SSSR count). The molecule has 2 aromatic carbocycles. The van der Waals surface area contributed by atoms with Gasteiger partial charge in [0.25, 0.3) is 0 Å². The minimum Gasteiger partial charge on any atom is -0.340 e. The van der Waals surface area contributed by atoms with Gasteiger partial charge in [0.1, 0.15) is 5.82 Å². The van der Waals surface area contributed by atoms with Crippen LogP contribution in [-0.2, 0) is 0 Å². The van der Waals surface area contributed by atoms with Crippen molar-refractivity contribution in [1.82, 2.24) is 9.97 Å². The molecule has 0 aliphatic heterocycles. The van der Waals surface area contributed by atoms with Crippen LogP contribution < -0.4 is 10.6 Å². The normalized spacial score (nSPS) is 10.2. The fourth-order valence-electron chi connectivity index (χ4n) is 2.22. The monoisotopic (exact) mass is 369 g/mol. The van der Waals surface area contributed by atoms with Gasteiger partial charge in [0.2, 0.25) is 5.95 Å². The first-order chi connectivity index (χ1) is 12.0. The molecule has 0 fully saturated rings. The Hall–Kier alpha value is -2.81. The number of hydrogen-bond acceptors (Lipinski definition) is 5. The summed E-state index contributed by atoms with van der Waals surface area (Å²) in [6.45, 7) is 1.86. The van der Waals surface area contributed by atoms with Crippen molar-refractivity contribution < 1.29 is 0 Å². The molecule has 0 spiro atoms. The largest absolute Gasteiger partial charge is 0.340 e. The lowest BCUT2D eigenvalue weighted by Crippen LogP contribution is -2.03. The Labute approximate surface area is 155 Å². The number of halogens is 2. The van der Waals surface area contributed by atoms with Crippen molar-refractivity contribution in [3.8, 4) is 6.07 Å². The van der Waals surface area contributed by atoms with Crippen molar-refractivity contribution in [2.24, 2.45) is 0 Å². The van der Waals surface area contributed by atoms with Crippen LogP contribution in [0.5, 0.6) is 0 Å². The van der Waals surface area contributed by atoms with E-state index in [1.54, 1.807) is 36.4 Å². The molecule has 0 saturated carbocycles. The molecular weight excluding hydrogens is 357 g/mol. The van der Waals surface area contributed by atoms with E-state index in [2.05, 4.69) is 26.7 Å². The molecule has 25 heavy (non-hydrogen) atoms. The van der Waals surface area contributed by atoms with Crippen molar-refractivity contribution in [3.05, 3.63) is 69.8 Å². The Balaban J connectivity index is 1.87. The van der Waals surface area contributed by atoms with Gasteiger partial charge in [0, 0.05) is 17.4 Å². The van der Waals surface area contributed by atoms with Gasteiger partial charge in [0.15, 0.2) is 0 Å². The average Bonchev–Trinajstić information content (AvgIpc) is 2.59. The Bertz CT molecular complexity index is 966. The van der Waals surface area contributed by atoms with E-state index in [9.17, 15) is 0 Å². The first kappa shape index (κ1) is 17.0. The maximum absolute atomic E-state index is 8.99. The molecule has 5 nitrogen and oxygen atoms in total. The zero-order valence-electron chi connectivity index (χ0n) is 13.2. The molecule has 2 N–H and O–H groups in total. The van der Waals surface area contributed by atoms with Crippen LogP contribution >= 0.6 is 23.2 Å². The van der Waals surface area contributed by atoms with Gasteiger partial charge < -0.3 is 10.6 Å². The maximum Gasteiger partial charge on any atom is 0.229 e. The van der Waals surface area contributed by atoms with E-state index in [0.29, 0.717) is 33.1 Å². The third kappa shape index (κ3) is 4.18. The van der Waals surface area contributed by atoms with Gasteiger partial charge in [-0.2, -0.15) is 10.2 Å². The first-order valence-corrected chi connectivity index (χ1v) is 8.14. The molecule has 0 unspecified atom stereocenters. The molecule has 7 heteroatoms. The van der Waals surface area contributed by atoms with Crippen LogP contribution in [-0.4, -0.2) is 9.97 Å². The fraction of sp³-hybridized carbons (Fsp3) is 0.0556. The van der Waals surface area contributed by atoms with Gasteiger partial charge in [-0.05, 0) is 37.3 Å². The summed E-state index contributed by atoms with van der Waals surface area (Å²) in [7, 11) is 0. The SMILES string of the molecule is Cc1cc(Nc2cccc(C#N)c2)nc(Nc2cccc(Cl)c2Cl)n1. The maximum atomic E-state index is 8.99. The molecule has 124 valence electrons. The van der Waals surface area contributed by atoms with Gasteiger partial charge in [-0.15, -0.1) is 0 Å². The van der Waals surface area contributed by atoms with Crippen LogP contribution in [0.15, 0.2) is 48.5 Å². The van der Waals surface area contributed by atoms with Crippen molar-refractivity contribution in [1.29, 1.82) is 5.26 Å². The number of aryl methyl sites for hydroxylation is 1. The molecular formula is C18H13Cl2N5. The lowest BCUT2D eigenvalue weighted by molar-refractivity contribution is 1.11. The molecule has 1 heterocycles. The van der Waals surface area contributed by atoms with Crippen LogP contribution in [0.2, 0.25) is 10.0 Å². The number of rotatable bonds is 4. The zero-order chi connectivity index (χ0) is 17.8.